The second-order valence-electron chi connectivity index (χ2n) is 5.60. The Hall–Kier alpha value is -0.240. The van der Waals surface area contributed by atoms with Crippen molar-refractivity contribution in [1.29, 1.82) is 0 Å². The maximum atomic E-state index is 9.92. The van der Waals surface area contributed by atoms with Gasteiger partial charge in [-0.05, 0) is 12.8 Å². The largest absolute Gasteiger partial charge is 0.387 e. The molecule has 1 spiro atoms. The number of fused-ring (bicyclic) bond motifs is 1. The van der Waals surface area contributed by atoms with Gasteiger partial charge in [-0.2, -0.15) is 0 Å². The lowest BCUT2D eigenvalue weighted by atomic mass is 9.85. The normalized spacial score (nSPS) is 51.3. The maximum absolute atomic E-state index is 9.92. The fourth-order valence-corrected chi connectivity index (χ4v) is 3.30. The van der Waals surface area contributed by atoms with Crippen LogP contribution in [0.2, 0.25) is 0 Å². The zero-order valence-electron chi connectivity index (χ0n) is 10.1. The molecule has 18 heavy (non-hydrogen) atoms. The van der Waals surface area contributed by atoms with Crippen molar-refractivity contribution in [2.24, 2.45) is 0 Å². The van der Waals surface area contributed by atoms with Gasteiger partial charge in [0.25, 0.3) is 0 Å². The fourth-order valence-electron chi connectivity index (χ4n) is 3.30. The van der Waals surface area contributed by atoms with Crippen LogP contribution in [0, 0.1) is 0 Å². The first-order valence-electron chi connectivity index (χ1n) is 6.62. The Bertz CT molecular complexity index is 292. The van der Waals surface area contributed by atoms with Crippen LogP contribution in [0.4, 0.5) is 0 Å². The molecule has 6 nitrogen and oxygen atoms in total. The summed E-state index contributed by atoms with van der Waals surface area (Å²) in [6.45, 7) is 0. The number of hydrogen-bond donors (Lipinski definition) is 4. The van der Waals surface area contributed by atoms with Crippen LogP contribution in [0.1, 0.15) is 32.1 Å². The molecule has 0 bridgehead atoms. The zero-order chi connectivity index (χ0) is 12.9. The third-order valence-corrected chi connectivity index (χ3v) is 4.36. The molecular formula is C12H20O6. The second kappa shape index (κ2) is 4.40. The van der Waals surface area contributed by atoms with E-state index < -0.39 is 42.4 Å². The predicted molar refractivity (Wildman–Crippen MR) is 59.6 cm³/mol. The average molecular weight is 260 g/mol. The number of ether oxygens (including phenoxy) is 2. The molecule has 0 radical (unpaired) electrons. The Balaban J connectivity index is 1.82. The third kappa shape index (κ3) is 1.79. The number of aliphatic hydroxyl groups excluding tert-OH is 4. The third-order valence-electron chi connectivity index (χ3n) is 4.36. The van der Waals surface area contributed by atoms with Crippen LogP contribution in [-0.4, -0.2) is 62.8 Å². The molecule has 4 N–H and O–H groups in total. The molecule has 3 fully saturated rings. The van der Waals surface area contributed by atoms with Gasteiger partial charge in [-0.25, -0.2) is 0 Å². The summed E-state index contributed by atoms with van der Waals surface area (Å²) in [7, 11) is 0. The molecule has 6 atom stereocenters. The van der Waals surface area contributed by atoms with Crippen molar-refractivity contribution >= 4 is 0 Å². The van der Waals surface area contributed by atoms with Crippen molar-refractivity contribution in [2.45, 2.75) is 74.5 Å². The minimum absolute atomic E-state index is 0.728. The summed E-state index contributed by atoms with van der Waals surface area (Å²) in [6.07, 6.45) is -2.24. The Morgan fingerprint density at radius 3 is 1.56 bits per heavy atom. The van der Waals surface area contributed by atoms with Crippen molar-refractivity contribution < 1.29 is 29.9 Å². The first-order chi connectivity index (χ1) is 8.54. The Kier molecular flexibility index (Phi) is 3.12. The molecule has 0 amide bonds. The van der Waals surface area contributed by atoms with E-state index in [4.69, 9.17) is 9.47 Å². The lowest BCUT2D eigenvalue weighted by molar-refractivity contribution is -0.203. The van der Waals surface area contributed by atoms with E-state index in [0.29, 0.717) is 0 Å². The van der Waals surface area contributed by atoms with Gasteiger partial charge < -0.3 is 29.9 Å². The van der Waals surface area contributed by atoms with E-state index in [2.05, 4.69) is 0 Å². The van der Waals surface area contributed by atoms with Crippen LogP contribution in [0.3, 0.4) is 0 Å². The summed E-state index contributed by atoms with van der Waals surface area (Å²) >= 11 is 0. The fraction of sp³-hybridized carbons (Fsp3) is 1.00. The molecule has 0 aromatic rings. The highest BCUT2D eigenvalue weighted by Crippen LogP contribution is 2.44. The summed E-state index contributed by atoms with van der Waals surface area (Å²) in [5, 5.41) is 39.2. The summed E-state index contributed by atoms with van der Waals surface area (Å²) in [5.41, 5.74) is 0. The van der Waals surface area contributed by atoms with E-state index in [1.165, 1.54) is 0 Å². The molecule has 1 aliphatic heterocycles. The Morgan fingerprint density at radius 2 is 1.11 bits per heavy atom. The average Bonchev–Trinajstić information content (AvgIpc) is 2.74. The van der Waals surface area contributed by atoms with Gasteiger partial charge in [0, 0.05) is 12.8 Å². The molecule has 2 aliphatic carbocycles. The van der Waals surface area contributed by atoms with Crippen molar-refractivity contribution in [3.8, 4) is 0 Å². The first kappa shape index (κ1) is 12.8. The molecule has 104 valence electrons. The van der Waals surface area contributed by atoms with Crippen LogP contribution < -0.4 is 0 Å². The standard InChI is InChI=1S/C12H20O6/c13-6-7(14)9(16)11-10(8(6)15)17-12(18-11)4-2-1-3-5-12/h6-11,13-16H,1-5H2/t6-,7-,8-,9+,10+,11+/m0/s1. The molecule has 0 aromatic carbocycles. The van der Waals surface area contributed by atoms with Gasteiger partial charge in [0.05, 0.1) is 0 Å². The number of rotatable bonds is 0. The van der Waals surface area contributed by atoms with Crippen LogP contribution in [0.5, 0.6) is 0 Å². The topological polar surface area (TPSA) is 99.4 Å². The highest BCUT2D eigenvalue weighted by molar-refractivity contribution is 5.04. The summed E-state index contributed by atoms with van der Waals surface area (Å²) < 4.78 is 11.6. The molecule has 3 rings (SSSR count). The van der Waals surface area contributed by atoms with E-state index in [1.54, 1.807) is 0 Å². The number of aliphatic hydroxyl groups is 4. The molecule has 0 unspecified atom stereocenters. The lowest BCUT2D eigenvalue weighted by Gasteiger charge is -2.38. The monoisotopic (exact) mass is 260 g/mol. The van der Waals surface area contributed by atoms with Crippen LogP contribution in [0.15, 0.2) is 0 Å². The highest BCUT2D eigenvalue weighted by Gasteiger charge is 2.59. The molecule has 6 heteroatoms. The highest BCUT2D eigenvalue weighted by atomic mass is 16.8. The van der Waals surface area contributed by atoms with Gasteiger partial charge in [-0.15, -0.1) is 0 Å². The molecule has 3 aliphatic rings. The Labute approximate surface area is 105 Å². The van der Waals surface area contributed by atoms with Crippen LogP contribution in [-0.2, 0) is 9.47 Å². The summed E-state index contributed by atoms with van der Waals surface area (Å²) in [5.74, 6) is -0.751. The Morgan fingerprint density at radius 1 is 0.667 bits per heavy atom. The molecule has 1 heterocycles. The SMILES string of the molecule is O[C@H]1[C@H](O)[C@H](O)[C@H]2OC3(CCCCC3)O[C@@H]2[C@@H]1O. The van der Waals surface area contributed by atoms with E-state index in [9.17, 15) is 20.4 Å². The van der Waals surface area contributed by atoms with Crippen LogP contribution in [0.25, 0.3) is 0 Å². The van der Waals surface area contributed by atoms with Gasteiger partial charge in [-0.3, -0.25) is 0 Å². The van der Waals surface area contributed by atoms with Gasteiger partial charge in [0.1, 0.15) is 36.6 Å². The van der Waals surface area contributed by atoms with Gasteiger partial charge >= 0.3 is 0 Å². The number of hydrogen-bond acceptors (Lipinski definition) is 6. The predicted octanol–water partition coefficient (Wildman–Crippen LogP) is -1.11. The van der Waals surface area contributed by atoms with Crippen LogP contribution >= 0.6 is 0 Å². The summed E-state index contributed by atoms with van der Waals surface area (Å²) in [6, 6.07) is 0. The van der Waals surface area contributed by atoms with Gasteiger partial charge in [0.15, 0.2) is 5.79 Å². The zero-order valence-corrected chi connectivity index (χ0v) is 10.1. The van der Waals surface area contributed by atoms with E-state index in [1.807, 2.05) is 0 Å². The lowest BCUT2D eigenvalue weighted by Crippen LogP contribution is -2.62. The van der Waals surface area contributed by atoms with E-state index in [0.717, 1.165) is 32.1 Å². The van der Waals surface area contributed by atoms with E-state index in [-0.39, 0.29) is 0 Å². The summed E-state index contributed by atoms with van der Waals surface area (Å²) in [4.78, 5) is 0. The van der Waals surface area contributed by atoms with Crippen molar-refractivity contribution in [3.63, 3.8) is 0 Å². The smallest absolute Gasteiger partial charge is 0.169 e. The van der Waals surface area contributed by atoms with Crippen molar-refractivity contribution in [1.82, 2.24) is 0 Å². The second-order valence-corrected chi connectivity index (χ2v) is 5.60. The molecule has 1 saturated heterocycles. The molecular weight excluding hydrogens is 240 g/mol. The molecule has 2 saturated carbocycles. The maximum Gasteiger partial charge on any atom is 0.169 e. The minimum Gasteiger partial charge on any atom is -0.387 e. The first-order valence-corrected chi connectivity index (χ1v) is 6.62. The minimum atomic E-state index is -1.40. The van der Waals surface area contributed by atoms with Gasteiger partial charge in [-0.1, -0.05) is 6.42 Å². The molecule has 0 aromatic heterocycles. The van der Waals surface area contributed by atoms with Gasteiger partial charge in [0.2, 0.25) is 0 Å². The van der Waals surface area contributed by atoms with E-state index >= 15 is 0 Å². The van der Waals surface area contributed by atoms with Crippen molar-refractivity contribution in [3.05, 3.63) is 0 Å². The van der Waals surface area contributed by atoms with Crippen molar-refractivity contribution in [2.75, 3.05) is 0 Å². The quantitative estimate of drug-likeness (QED) is 0.441.